The van der Waals surface area contributed by atoms with E-state index in [1.54, 1.807) is 42.2 Å². The largest absolute Gasteiger partial charge is 0.378 e. The molecule has 1 N–H and O–H groups in total. The SMILES string of the molecule is Cc1cc(=O)c(C(=O)Nc2ccccc2C(=O)N2CCOCC2)nn1-c1ccccc1[N+](=O)[O-]. The lowest BCUT2D eigenvalue weighted by molar-refractivity contribution is -0.384. The first-order valence-electron chi connectivity index (χ1n) is 10.5. The number of morpholine rings is 1. The highest BCUT2D eigenvalue weighted by Gasteiger charge is 2.24. The Kier molecular flexibility index (Phi) is 6.46. The van der Waals surface area contributed by atoms with E-state index in [1.165, 1.54) is 28.9 Å². The Morgan fingerprint density at radius 2 is 1.76 bits per heavy atom. The number of ether oxygens (including phenoxy) is 1. The Labute approximate surface area is 193 Å². The van der Waals surface area contributed by atoms with Crippen LogP contribution in [0.25, 0.3) is 5.69 Å². The molecule has 0 unspecified atom stereocenters. The molecule has 0 bridgehead atoms. The lowest BCUT2D eigenvalue weighted by atomic mass is 10.1. The molecule has 2 amide bonds. The lowest BCUT2D eigenvalue weighted by Gasteiger charge is -2.27. The van der Waals surface area contributed by atoms with Crippen LogP contribution in [-0.4, -0.2) is 57.7 Å². The molecule has 1 aromatic heterocycles. The van der Waals surface area contributed by atoms with Gasteiger partial charge < -0.3 is 15.0 Å². The normalized spacial score (nSPS) is 13.4. The van der Waals surface area contributed by atoms with Crippen LogP contribution in [0.5, 0.6) is 0 Å². The van der Waals surface area contributed by atoms with E-state index < -0.39 is 22.0 Å². The van der Waals surface area contributed by atoms with Gasteiger partial charge in [0, 0.05) is 30.9 Å². The van der Waals surface area contributed by atoms with Gasteiger partial charge in [0.15, 0.2) is 5.69 Å². The maximum Gasteiger partial charge on any atom is 0.294 e. The van der Waals surface area contributed by atoms with Crippen molar-refractivity contribution in [2.24, 2.45) is 0 Å². The Balaban J connectivity index is 1.68. The van der Waals surface area contributed by atoms with Gasteiger partial charge in [0.2, 0.25) is 5.43 Å². The zero-order chi connectivity index (χ0) is 24.2. The summed E-state index contributed by atoms with van der Waals surface area (Å²) in [4.78, 5) is 51.1. The lowest BCUT2D eigenvalue weighted by Crippen LogP contribution is -2.41. The molecule has 1 fully saturated rings. The van der Waals surface area contributed by atoms with E-state index in [1.807, 2.05) is 0 Å². The van der Waals surface area contributed by atoms with E-state index >= 15 is 0 Å². The van der Waals surface area contributed by atoms with Gasteiger partial charge in [-0.2, -0.15) is 5.10 Å². The molecule has 1 aliphatic heterocycles. The molecule has 1 saturated heterocycles. The molecule has 2 heterocycles. The minimum Gasteiger partial charge on any atom is -0.378 e. The molecule has 174 valence electrons. The minimum absolute atomic E-state index is 0.113. The van der Waals surface area contributed by atoms with Gasteiger partial charge in [0.1, 0.15) is 5.69 Å². The number of carbonyl (C=O) groups is 2. The highest BCUT2D eigenvalue weighted by atomic mass is 16.6. The van der Waals surface area contributed by atoms with E-state index in [9.17, 15) is 24.5 Å². The van der Waals surface area contributed by atoms with Crippen molar-refractivity contribution in [3.8, 4) is 5.69 Å². The van der Waals surface area contributed by atoms with Crippen LogP contribution in [-0.2, 0) is 4.74 Å². The molecule has 3 aromatic rings. The fourth-order valence-corrected chi connectivity index (χ4v) is 3.64. The van der Waals surface area contributed by atoms with Gasteiger partial charge in [0.05, 0.1) is 29.4 Å². The van der Waals surface area contributed by atoms with Gasteiger partial charge in [-0.15, -0.1) is 0 Å². The van der Waals surface area contributed by atoms with Crippen LogP contribution in [0.1, 0.15) is 26.5 Å². The predicted octanol–water partition coefficient (Wildman–Crippen LogP) is 2.17. The summed E-state index contributed by atoms with van der Waals surface area (Å²) < 4.78 is 6.46. The van der Waals surface area contributed by atoms with Crippen molar-refractivity contribution in [2.75, 3.05) is 31.6 Å². The number of aryl methyl sites for hydroxylation is 1. The summed E-state index contributed by atoms with van der Waals surface area (Å²) in [5, 5.41) is 18.2. The second kappa shape index (κ2) is 9.63. The molecule has 34 heavy (non-hydrogen) atoms. The summed E-state index contributed by atoms with van der Waals surface area (Å²) in [6, 6.07) is 13.5. The Morgan fingerprint density at radius 1 is 1.09 bits per heavy atom. The standard InChI is InChI=1S/C23H21N5O6/c1-15-14-20(29)21(25-27(15)18-8-4-5-9-19(18)28(32)33)22(30)24-17-7-3-2-6-16(17)23(31)26-10-12-34-13-11-26/h2-9,14H,10-13H2,1H3,(H,24,30). The molecule has 0 radical (unpaired) electrons. The van der Waals surface area contributed by atoms with Crippen LogP contribution < -0.4 is 10.7 Å². The third-order valence-corrected chi connectivity index (χ3v) is 5.33. The Hall–Kier alpha value is -4.38. The topological polar surface area (TPSA) is 137 Å². The molecule has 11 nitrogen and oxygen atoms in total. The summed E-state index contributed by atoms with van der Waals surface area (Å²) >= 11 is 0. The monoisotopic (exact) mass is 463 g/mol. The summed E-state index contributed by atoms with van der Waals surface area (Å²) in [6.07, 6.45) is 0. The zero-order valence-corrected chi connectivity index (χ0v) is 18.3. The zero-order valence-electron chi connectivity index (χ0n) is 18.3. The van der Waals surface area contributed by atoms with Crippen molar-refractivity contribution in [1.82, 2.24) is 14.7 Å². The summed E-state index contributed by atoms with van der Waals surface area (Å²) in [5.74, 6) is -1.10. The highest BCUT2D eigenvalue weighted by Crippen LogP contribution is 2.23. The quantitative estimate of drug-likeness (QED) is 0.452. The van der Waals surface area contributed by atoms with E-state index in [2.05, 4.69) is 10.4 Å². The molecule has 4 rings (SSSR count). The van der Waals surface area contributed by atoms with Crippen LogP contribution in [0.2, 0.25) is 0 Å². The van der Waals surface area contributed by atoms with Crippen molar-refractivity contribution < 1.29 is 19.2 Å². The number of para-hydroxylation sites is 3. The summed E-state index contributed by atoms with van der Waals surface area (Å²) in [5.41, 5.74) is -0.415. The average molecular weight is 463 g/mol. The van der Waals surface area contributed by atoms with E-state index in [0.29, 0.717) is 32.0 Å². The van der Waals surface area contributed by atoms with Crippen molar-refractivity contribution in [2.45, 2.75) is 6.92 Å². The number of anilines is 1. The molecular weight excluding hydrogens is 442 g/mol. The third kappa shape index (κ3) is 4.55. The molecule has 0 spiro atoms. The minimum atomic E-state index is -0.834. The first-order valence-corrected chi connectivity index (χ1v) is 10.5. The molecule has 2 aromatic carbocycles. The molecule has 0 saturated carbocycles. The first kappa shape index (κ1) is 22.8. The Bertz CT molecular complexity index is 1330. The number of aromatic nitrogens is 2. The van der Waals surface area contributed by atoms with Crippen LogP contribution >= 0.6 is 0 Å². The van der Waals surface area contributed by atoms with E-state index in [4.69, 9.17) is 4.74 Å². The number of carbonyl (C=O) groups excluding carboxylic acids is 2. The van der Waals surface area contributed by atoms with Crippen LogP contribution in [0.3, 0.4) is 0 Å². The first-order chi connectivity index (χ1) is 16.4. The van der Waals surface area contributed by atoms with Gasteiger partial charge >= 0.3 is 0 Å². The maximum atomic E-state index is 13.0. The second-order valence-electron chi connectivity index (χ2n) is 7.56. The number of hydrogen-bond acceptors (Lipinski definition) is 7. The fourth-order valence-electron chi connectivity index (χ4n) is 3.64. The maximum absolute atomic E-state index is 13.0. The molecule has 0 atom stereocenters. The number of nitrogens with one attached hydrogen (secondary N) is 1. The van der Waals surface area contributed by atoms with Crippen molar-refractivity contribution in [3.63, 3.8) is 0 Å². The predicted molar refractivity (Wildman–Crippen MR) is 122 cm³/mol. The number of nitro benzene ring substituents is 1. The molecule has 1 aliphatic rings. The molecule has 0 aliphatic carbocycles. The summed E-state index contributed by atoms with van der Waals surface area (Å²) in [6.45, 7) is 3.28. The van der Waals surface area contributed by atoms with Gasteiger partial charge in [-0.3, -0.25) is 24.5 Å². The average Bonchev–Trinajstić information content (AvgIpc) is 2.84. The van der Waals surface area contributed by atoms with Crippen molar-refractivity contribution >= 4 is 23.2 Å². The molecule has 11 heteroatoms. The van der Waals surface area contributed by atoms with Gasteiger partial charge in [-0.1, -0.05) is 24.3 Å². The molecular formula is C23H21N5O6. The third-order valence-electron chi connectivity index (χ3n) is 5.33. The summed E-state index contributed by atoms with van der Waals surface area (Å²) in [7, 11) is 0. The highest BCUT2D eigenvalue weighted by molar-refractivity contribution is 6.08. The van der Waals surface area contributed by atoms with Crippen LogP contribution in [0, 0.1) is 17.0 Å². The van der Waals surface area contributed by atoms with Gasteiger partial charge in [-0.25, -0.2) is 4.68 Å². The van der Waals surface area contributed by atoms with Crippen molar-refractivity contribution in [1.29, 1.82) is 0 Å². The smallest absolute Gasteiger partial charge is 0.294 e. The number of hydrogen-bond donors (Lipinski definition) is 1. The second-order valence-corrected chi connectivity index (χ2v) is 7.56. The van der Waals surface area contributed by atoms with Gasteiger partial charge in [-0.05, 0) is 25.1 Å². The number of rotatable bonds is 5. The Morgan fingerprint density at radius 3 is 2.50 bits per heavy atom. The number of nitrogens with zero attached hydrogens (tertiary/aromatic N) is 4. The fraction of sp³-hybridized carbons (Fsp3) is 0.217. The van der Waals surface area contributed by atoms with Crippen LogP contribution in [0.4, 0.5) is 11.4 Å². The van der Waals surface area contributed by atoms with Crippen molar-refractivity contribution in [3.05, 3.63) is 91.9 Å². The van der Waals surface area contributed by atoms with Crippen LogP contribution in [0.15, 0.2) is 59.4 Å². The number of amides is 2. The van der Waals surface area contributed by atoms with E-state index in [0.717, 1.165) is 0 Å². The van der Waals surface area contributed by atoms with E-state index in [-0.39, 0.29) is 28.5 Å². The number of benzene rings is 2. The van der Waals surface area contributed by atoms with Gasteiger partial charge in [0.25, 0.3) is 17.5 Å². The number of nitro groups is 1.